The van der Waals surface area contributed by atoms with Crippen molar-refractivity contribution >= 4 is 12.2 Å². The second kappa shape index (κ2) is 6.63. The molecule has 0 aliphatic carbocycles. The van der Waals surface area contributed by atoms with Gasteiger partial charge in [0.2, 0.25) is 0 Å². The molecule has 1 aromatic heterocycles. The van der Waals surface area contributed by atoms with Crippen molar-refractivity contribution in [2.24, 2.45) is 7.05 Å². The SMILES string of the molecule is CN(Cc1ccc(C#N)cc1)Cn1nc(CO)n(C)c1=S. The summed E-state index contributed by atoms with van der Waals surface area (Å²) in [5.74, 6) is 0.548. The maximum absolute atomic E-state index is 9.19. The van der Waals surface area contributed by atoms with E-state index in [0.29, 0.717) is 22.8 Å². The fourth-order valence-corrected chi connectivity index (χ4v) is 2.24. The van der Waals surface area contributed by atoms with Crippen LogP contribution in [0.2, 0.25) is 0 Å². The molecule has 110 valence electrons. The lowest BCUT2D eigenvalue weighted by Crippen LogP contribution is -2.22. The fourth-order valence-electron chi connectivity index (χ4n) is 2.04. The molecule has 0 aliphatic rings. The highest BCUT2D eigenvalue weighted by Crippen LogP contribution is 2.07. The molecule has 0 saturated heterocycles. The number of aliphatic hydroxyl groups excluding tert-OH is 1. The summed E-state index contributed by atoms with van der Waals surface area (Å²) < 4.78 is 3.96. The van der Waals surface area contributed by atoms with Crippen molar-refractivity contribution in [3.63, 3.8) is 0 Å². The number of aromatic nitrogens is 3. The molecule has 6 nitrogen and oxygen atoms in total. The minimum absolute atomic E-state index is 0.132. The van der Waals surface area contributed by atoms with Crippen LogP contribution in [0.15, 0.2) is 24.3 Å². The highest BCUT2D eigenvalue weighted by molar-refractivity contribution is 7.71. The summed E-state index contributed by atoms with van der Waals surface area (Å²) in [6, 6.07) is 9.59. The molecular formula is C14H17N5OS. The lowest BCUT2D eigenvalue weighted by atomic mass is 10.1. The number of hydrogen-bond acceptors (Lipinski definition) is 5. The van der Waals surface area contributed by atoms with Crippen LogP contribution in [0.4, 0.5) is 0 Å². The number of hydrogen-bond donors (Lipinski definition) is 1. The number of benzene rings is 1. The highest BCUT2D eigenvalue weighted by atomic mass is 32.1. The highest BCUT2D eigenvalue weighted by Gasteiger charge is 2.08. The van der Waals surface area contributed by atoms with Gasteiger partial charge >= 0.3 is 0 Å². The minimum atomic E-state index is -0.132. The molecule has 0 fully saturated rings. The Morgan fingerprint density at radius 2 is 2.05 bits per heavy atom. The first-order valence-electron chi connectivity index (χ1n) is 6.46. The monoisotopic (exact) mass is 303 g/mol. The van der Waals surface area contributed by atoms with Crippen LogP contribution < -0.4 is 0 Å². The molecule has 0 unspecified atom stereocenters. The van der Waals surface area contributed by atoms with Crippen LogP contribution in [-0.4, -0.2) is 31.4 Å². The van der Waals surface area contributed by atoms with Crippen LogP contribution >= 0.6 is 12.2 Å². The summed E-state index contributed by atoms with van der Waals surface area (Å²) in [4.78, 5) is 2.06. The number of nitriles is 1. The van der Waals surface area contributed by atoms with Crippen LogP contribution in [0.5, 0.6) is 0 Å². The molecule has 0 bridgehead atoms. The van der Waals surface area contributed by atoms with Gasteiger partial charge in [0.25, 0.3) is 0 Å². The van der Waals surface area contributed by atoms with Crippen molar-refractivity contribution in [3.05, 3.63) is 46.0 Å². The van der Waals surface area contributed by atoms with Crippen molar-refractivity contribution in [1.29, 1.82) is 5.26 Å². The van der Waals surface area contributed by atoms with E-state index in [9.17, 15) is 5.11 Å². The van der Waals surface area contributed by atoms with Gasteiger partial charge < -0.3 is 9.67 Å². The Labute approximate surface area is 128 Å². The smallest absolute Gasteiger partial charge is 0.198 e. The number of nitrogens with zero attached hydrogens (tertiary/aromatic N) is 5. The zero-order valence-electron chi connectivity index (χ0n) is 12.0. The van der Waals surface area contributed by atoms with Gasteiger partial charge in [-0.1, -0.05) is 12.1 Å². The molecule has 2 aromatic rings. The first kappa shape index (κ1) is 15.4. The van der Waals surface area contributed by atoms with Crippen LogP contribution in [-0.2, 0) is 26.9 Å². The number of aliphatic hydroxyl groups is 1. The van der Waals surface area contributed by atoms with E-state index in [-0.39, 0.29) is 6.61 Å². The standard InChI is InChI=1S/C14H17N5OS/c1-17(8-12-5-3-11(7-15)4-6-12)10-19-14(21)18(2)13(9-20)16-19/h3-6,20H,8-10H2,1-2H3. The molecule has 0 spiro atoms. The molecule has 21 heavy (non-hydrogen) atoms. The topological polar surface area (TPSA) is 70.0 Å². The van der Waals surface area contributed by atoms with Gasteiger partial charge in [-0.2, -0.15) is 10.4 Å². The average Bonchev–Trinajstić information content (AvgIpc) is 2.76. The third kappa shape index (κ3) is 3.55. The Hall–Kier alpha value is -2.01. The van der Waals surface area contributed by atoms with Gasteiger partial charge in [-0.25, -0.2) is 4.68 Å². The van der Waals surface area contributed by atoms with E-state index in [2.05, 4.69) is 16.1 Å². The molecule has 7 heteroatoms. The normalized spacial score (nSPS) is 10.8. The van der Waals surface area contributed by atoms with Crippen molar-refractivity contribution < 1.29 is 5.11 Å². The van der Waals surface area contributed by atoms with Crippen molar-refractivity contribution in [3.8, 4) is 6.07 Å². The minimum Gasteiger partial charge on any atom is -0.388 e. The van der Waals surface area contributed by atoms with Crippen LogP contribution in [0.3, 0.4) is 0 Å². The summed E-state index contributed by atoms with van der Waals surface area (Å²) in [5.41, 5.74) is 1.77. The second-order valence-corrected chi connectivity index (χ2v) is 5.24. The summed E-state index contributed by atoms with van der Waals surface area (Å²) in [5, 5.41) is 22.3. The number of rotatable bonds is 5. The lowest BCUT2D eigenvalue weighted by Gasteiger charge is -2.16. The Balaban J connectivity index is 2.06. The van der Waals surface area contributed by atoms with Crippen molar-refractivity contribution in [2.45, 2.75) is 19.8 Å². The van der Waals surface area contributed by atoms with E-state index in [4.69, 9.17) is 17.5 Å². The van der Waals surface area contributed by atoms with E-state index in [0.717, 1.165) is 12.1 Å². The maximum Gasteiger partial charge on any atom is 0.198 e. The summed E-state index contributed by atoms with van der Waals surface area (Å²) in [6.45, 7) is 1.12. The van der Waals surface area contributed by atoms with Crippen molar-refractivity contribution in [2.75, 3.05) is 7.05 Å². The third-order valence-corrected chi connectivity index (χ3v) is 3.67. The first-order chi connectivity index (χ1) is 10.0. The molecule has 0 radical (unpaired) electrons. The van der Waals surface area contributed by atoms with Gasteiger partial charge in [-0.15, -0.1) is 0 Å². The maximum atomic E-state index is 9.19. The van der Waals surface area contributed by atoms with E-state index in [1.54, 1.807) is 28.4 Å². The lowest BCUT2D eigenvalue weighted by molar-refractivity contribution is 0.238. The predicted molar refractivity (Wildman–Crippen MR) is 80.6 cm³/mol. The Morgan fingerprint density at radius 1 is 1.38 bits per heavy atom. The van der Waals surface area contributed by atoms with E-state index in [1.165, 1.54) is 0 Å². The van der Waals surface area contributed by atoms with Crippen LogP contribution in [0.1, 0.15) is 17.0 Å². The molecular weight excluding hydrogens is 286 g/mol. The Kier molecular flexibility index (Phi) is 4.85. The first-order valence-corrected chi connectivity index (χ1v) is 6.87. The molecule has 1 heterocycles. The zero-order valence-corrected chi connectivity index (χ0v) is 12.8. The van der Waals surface area contributed by atoms with Crippen LogP contribution in [0.25, 0.3) is 0 Å². The van der Waals surface area contributed by atoms with Gasteiger partial charge in [0, 0.05) is 13.6 Å². The molecule has 2 rings (SSSR count). The van der Waals surface area contributed by atoms with Gasteiger partial charge in [-0.3, -0.25) is 4.90 Å². The van der Waals surface area contributed by atoms with Crippen molar-refractivity contribution in [1.82, 2.24) is 19.2 Å². The van der Waals surface area contributed by atoms with Gasteiger partial charge in [-0.05, 0) is 37.0 Å². The molecule has 0 aliphatic heterocycles. The third-order valence-electron chi connectivity index (χ3n) is 3.18. The zero-order chi connectivity index (χ0) is 15.4. The average molecular weight is 303 g/mol. The van der Waals surface area contributed by atoms with Crippen LogP contribution in [0, 0.1) is 16.1 Å². The van der Waals surface area contributed by atoms with E-state index >= 15 is 0 Å². The van der Waals surface area contributed by atoms with Gasteiger partial charge in [0.05, 0.1) is 18.3 Å². The van der Waals surface area contributed by atoms with E-state index in [1.807, 2.05) is 19.2 Å². The fraction of sp³-hybridized carbons (Fsp3) is 0.357. The summed E-state index contributed by atoms with van der Waals surface area (Å²) in [6.07, 6.45) is 0. The molecule has 0 atom stereocenters. The molecule has 1 N–H and O–H groups in total. The summed E-state index contributed by atoms with van der Waals surface area (Å²) in [7, 11) is 3.76. The molecule has 0 amide bonds. The predicted octanol–water partition coefficient (Wildman–Crippen LogP) is 1.40. The van der Waals surface area contributed by atoms with E-state index < -0.39 is 0 Å². The van der Waals surface area contributed by atoms with Gasteiger partial charge in [0.1, 0.15) is 6.61 Å². The largest absolute Gasteiger partial charge is 0.388 e. The Morgan fingerprint density at radius 3 is 2.57 bits per heavy atom. The Bertz CT molecular complexity index is 710. The second-order valence-electron chi connectivity index (χ2n) is 4.88. The van der Waals surface area contributed by atoms with Gasteiger partial charge in [0.15, 0.2) is 10.6 Å². The molecule has 1 aromatic carbocycles. The summed E-state index contributed by atoms with van der Waals surface area (Å²) >= 11 is 5.29. The molecule has 0 saturated carbocycles. The quantitative estimate of drug-likeness (QED) is 0.846.